The molecule has 0 aromatic rings. The third-order valence-electron chi connectivity index (χ3n) is 2.27. The fraction of sp³-hybridized carbons (Fsp3) is 1.00. The summed E-state index contributed by atoms with van der Waals surface area (Å²) in [6, 6.07) is 0. The molecule has 0 aromatic heterocycles. The lowest BCUT2D eigenvalue weighted by Crippen LogP contribution is -2.52. The van der Waals surface area contributed by atoms with Crippen molar-refractivity contribution in [3.63, 3.8) is 0 Å². The molecule has 0 aliphatic rings. The van der Waals surface area contributed by atoms with Crippen molar-refractivity contribution >= 4 is 0 Å². The van der Waals surface area contributed by atoms with E-state index >= 15 is 0 Å². The van der Waals surface area contributed by atoms with Crippen LogP contribution < -0.4 is 0 Å². The number of hydrogen-bond acceptors (Lipinski definition) is 2. The molecule has 0 heterocycles. The van der Waals surface area contributed by atoms with E-state index in [1.165, 1.54) is 13.8 Å². The van der Waals surface area contributed by atoms with Gasteiger partial charge in [0.1, 0.15) is 12.2 Å². The van der Waals surface area contributed by atoms with Gasteiger partial charge in [0, 0.05) is 13.0 Å². The molecule has 0 bridgehead atoms. The van der Waals surface area contributed by atoms with Crippen molar-refractivity contribution in [2.75, 3.05) is 13.7 Å². The Balaban J connectivity index is 4.80. The van der Waals surface area contributed by atoms with E-state index in [2.05, 4.69) is 9.47 Å². The zero-order chi connectivity index (χ0) is 13.2. The van der Waals surface area contributed by atoms with Crippen LogP contribution in [0.25, 0.3) is 0 Å². The predicted molar refractivity (Wildman–Crippen MR) is 51.8 cm³/mol. The predicted octanol–water partition coefficient (Wildman–Crippen LogP) is 3.31. The van der Waals surface area contributed by atoms with Gasteiger partial charge in [-0.15, -0.1) is 0 Å². The smallest absolute Gasteiger partial charge is 0.358 e. The van der Waals surface area contributed by atoms with E-state index in [0.29, 0.717) is 0 Å². The van der Waals surface area contributed by atoms with E-state index in [4.69, 9.17) is 0 Å². The van der Waals surface area contributed by atoms with Crippen molar-refractivity contribution < 1.29 is 27.0 Å². The standard InChI is InChI=1S/C10H18F4O2/c1-7(2)10(13,14)16-8(3,4)9(11,12)6-15-5/h7H,6H2,1-5H3. The summed E-state index contributed by atoms with van der Waals surface area (Å²) in [6.45, 7) is 3.27. The first-order valence-corrected chi connectivity index (χ1v) is 4.91. The SMILES string of the molecule is COCC(F)(F)C(C)(C)OC(F)(F)C(C)C. The number of methoxy groups -OCH3 is 1. The first kappa shape index (κ1) is 15.6. The third kappa shape index (κ3) is 3.59. The van der Waals surface area contributed by atoms with E-state index in [1.54, 1.807) is 0 Å². The van der Waals surface area contributed by atoms with Gasteiger partial charge in [-0.25, -0.2) is 8.78 Å². The molecule has 0 atom stereocenters. The molecule has 0 fully saturated rings. The summed E-state index contributed by atoms with van der Waals surface area (Å²) in [6.07, 6.45) is -3.60. The van der Waals surface area contributed by atoms with Gasteiger partial charge < -0.3 is 9.47 Å². The zero-order valence-electron chi connectivity index (χ0n) is 10.1. The van der Waals surface area contributed by atoms with Crippen molar-refractivity contribution in [1.82, 2.24) is 0 Å². The van der Waals surface area contributed by atoms with Crippen LogP contribution in [-0.2, 0) is 9.47 Å². The molecule has 16 heavy (non-hydrogen) atoms. The maximum absolute atomic E-state index is 13.4. The Bertz CT molecular complexity index is 227. The molecule has 2 nitrogen and oxygen atoms in total. The van der Waals surface area contributed by atoms with Gasteiger partial charge in [0.2, 0.25) is 0 Å². The van der Waals surface area contributed by atoms with Gasteiger partial charge in [0.05, 0.1) is 0 Å². The van der Waals surface area contributed by atoms with Crippen LogP contribution in [0.5, 0.6) is 0 Å². The summed E-state index contributed by atoms with van der Waals surface area (Å²) in [5.41, 5.74) is -2.29. The fourth-order valence-electron chi connectivity index (χ4n) is 0.888. The van der Waals surface area contributed by atoms with E-state index in [0.717, 1.165) is 21.0 Å². The molecule has 0 N–H and O–H groups in total. The van der Waals surface area contributed by atoms with Gasteiger partial charge in [-0.2, -0.15) is 8.78 Å². The van der Waals surface area contributed by atoms with Crippen LogP contribution in [0.1, 0.15) is 27.7 Å². The highest BCUT2D eigenvalue weighted by molar-refractivity contribution is 4.88. The summed E-state index contributed by atoms with van der Waals surface area (Å²) in [5.74, 6) is -4.66. The van der Waals surface area contributed by atoms with Crippen molar-refractivity contribution in [1.29, 1.82) is 0 Å². The topological polar surface area (TPSA) is 18.5 Å². The molecule has 0 unspecified atom stereocenters. The molecule has 0 aliphatic heterocycles. The highest BCUT2D eigenvalue weighted by atomic mass is 19.3. The average molecular weight is 246 g/mol. The van der Waals surface area contributed by atoms with E-state index in [9.17, 15) is 17.6 Å². The Morgan fingerprint density at radius 2 is 1.50 bits per heavy atom. The molecule has 0 saturated heterocycles. The Morgan fingerprint density at radius 1 is 1.06 bits per heavy atom. The van der Waals surface area contributed by atoms with Crippen molar-refractivity contribution in [2.24, 2.45) is 5.92 Å². The minimum Gasteiger partial charge on any atom is -0.378 e. The Labute approximate surface area is 92.9 Å². The summed E-state index contributed by atoms with van der Waals surface area (Å²) in [5, 5.41) is 0. The second-order valence-electron chi connectivity index (χ2n) is 4.47. The van der Waals surface area contributed by atoms with Crippen molar-refractivity contribution in [3.8, 4) is 0 Å². The summed E-state index contributed by atoms with van der Waals surface area (Å²) < 4.78 is 61.8. The van der Waals surface area contributed by atoms with E-state index < -0.39 is 30.2 Å². The van der Waals surface area contributed by atoms with Crippen LogP contribution in [0, 0.1) is 5.92 Å². The first-order chi connectivity index (χ1) is 6.96. The van der Waals surface area contributed by atoms with Gasteiger partial charge in [-0.3, -0.25) is 0 Å². The number of halogens is 4. The molecular weight excluding hydrogens is 228 g/mol. The number of alkyl halides is 4. The highest BCUT2D eigenvalue weighted by Crippen LogP contribution is 2.39. The van der Waals surface area contributed by atoms with Crippen LogP contribution in [0.3, 0.4) is 0 Å². The molecule has 0 spiro atoms. The molecule has 0 amide bonds. The quantitative estimate of drug-likeness (QED) is 0.669. The first-order valence-electron chi connectivity index (χ1n) is 4.91. The molecule has 0 saturated carbocycles. The van der Waals surface area contributed by atoms with E-state index in [1.807, 2.05) is 0 Å². The van der Waals surface area contributed by atoms with Crippen LogP contribution >= 0.6 is 0 Å². The maximum Gasteiger partial charge on any atom is 0.358 e. The molecule has 0 aromatic carbocycles. The second kappa shape index (κ2) is 4.87. The lowest BCUT2D eigenvalue weighted by molar-refractivity contribution is -0.351. The lowest BCUT2D eigenvalue weighted by Gasteiger charge is -2.37. The van der Waals surface area contributed by atoms with E-state index in [-0.39, 0.29) is 0 Å². The highest BCUT2D eigenvalue weighted by Gasteiger charge is 2.53. The normalized spacial score (nSPS) is 14.6. The molecular formula is C10H18F4O2. The molecule has 6 heteroatoms. The van der Waals surface area contributed by atoms with Crippen molar-refractivity contribution in [3.05, 3.63) is 0 Å². The number of ether oxygens (including phenoxy) is 2. The third-order valence-corrected chi connectivity index (χ3v) is 2.27. The number of rotatable bonds is 6. The minimum atomic E-state index is -3.60. The van der Waals surface area contributed by atoms with Crippen LogP contribution in [0.15, 0.2) is 0 Å². The largest absolute Gasteiger partial charge is 0.378 e. The van der Waals surface area contributed by atoms with Crippen LogP contribution in [-0.4, -0.2) is 31.3 Å². The second-order valence-corrected chi connectivity index (χ2v) is 4.47. The van der Waals surface area contributed by atoms with Crippen LogP contribution in [0.4, 0.5) is 17.6 Å². The molecule has 98 valence electrons. The fourth-order valence-corrected chi connectivity index (χ4v) is 0.888. The Kier molecular flexibility index (Phi) is 4.76. The Hall–Kier alpha value is -0.360. The average Bonchev–Trinajstić information content (AvgIpc) is 2.00. The van der Waals surface area contributed by atoms with Gasteiger partial charge in [-0.1, -0.05) is 13.8 Å². The molecule has 0 aliphatic carbocycles. The monoisotopic (exact) mass is 246 g/mol. The molecule has 0 rings (SSSR count). The maximum atomic E-state index is 13.4. The lowest BCUT2D eigenvalue weighted by atomic mass is 10.0. The van der Waals surface area contributed by atoms with Gasteiger partial charge >= 0.3 is 6.11 Å². The Morgan fingerprint density at radius 3 is 1.81 bits per heavy atom. The summed E-state index contributed by atoms with van der Waals surface area (Å²) in [7, 11) is 1.07. The van der Waals surface area contributed by atoms with Gasteiger partial charge in [-0.05, 0) is 13.8 Å². The van der Waals surface area contributed by atoms with Gasteiger partial charge in [0.25, 0.3) is 5.92 Å². The van der Waals surface area contributed by atoms with Crippen LogP contribution in [0.2, 0.25) is 0 Å². The summed E-state index contributed by atoms with van der Waals surface area (Å²) in [4.78, 5) is 0. The zero-order valence-corrected chi connectivity index (χ0v) is 10.1. The molecule has 0 radical (unpaired) electrons. The summed E-state index contributed by atoms with van der Waals surface area (Å²) >= 11 is 0. The van der Waals surface area contributed by atoms with Crippen molar-refractivity contribution in [2.45, 2.75) is 45.3 Å². The number of hydrogen-bond donors (Lipinski definition) is 0. The minimum absolute atomic E-state index is 0.919. The van der Waals surface area contributed by atoms with Gasteiger partial charge in [0.15, 0.2) is 0 Å².